The number of thioether (sulfide) groups is 1. The van der Waals surface area contributed by atoms with E-state index < -0.39 is 0 Å². The average molecular weight is 310 g/mol. The van der Waals surface area contributed by atoms with Gasteiger partial charge >= 0.3 is 0 Å². The topological polar surface area (TPSA) is 12.0 Å². The summed E-state index contributed by atoms with van der Waals surface area (Å²) in [4.78, 5) is 2.75. The van der Waals surface area contributed by atoms with Gasteiger partial charge in [0.2, 0.25) is 0 Å². The molecule has 100 valence electrons. The van der Waals surface area contributed by atoms with Gasteiger partial charge in [-0.25, -0.2) is 0 Å². The van der Waals surface area contributed by atoms with Gasteiger partial charge in [0, 0.05) is 34.0 Å². The summed E-state index contributed by atoms with van der Waals surface area (Å²) in [5.74, 6) is 1.81. The van der Waals surface area contributed by atoms with Gasteiger partial charge in [-0.15, -0.1) is 23.1 Å². The number of hydrogen-bond donors (Lipinski definition) is 1. The minimum absolute atomic E-state index is 0.371. The van der Waals surface area contributed by atoms with E-state index in [4.69, 9.17) is 11.6 Å². The van der Waals surface area contributed by atoms with Crippen LogP contribution in [0.15, 0.2) is 41.3 Å². The second kappa shape index (κ2) is 5.88. The van der Waals surface area contributed by atoms with Gasteiger partial charge in [0.1, 0.15) is 0 Å². The van der Waals surface area contributed by atoms with Crippen molar-refractivity contribution in [2.75, 3.05) is 12.3 Å². The van der Waals surface area contributed by atoms with Gasteiger partial charge < -0.3 is 5.32 Å². The summed E-state index contributed by atoms with van der Waals surface area (Å²) in [5, 5.41) is 3.63. The number of rotatable bonds is 4. The van der Waals surface area contributed by atoms with E-state index in [-0.39, 0.29) is 0 Å². The van der Waals surface area contributed by atoms with Crippen LogP contribution < -0.4 is 5.32 Å². The van der Waals surface area contributed by atoms with Gasteiger partial charge in [0.15, 0.2) is 0 Å². The van der Waals surface area contributed by atoms with Gasteiger partial charge in [-0.1, -0.05) is 29.8 Å². The van der Waals surface area contributed by atoms with Crippen molar-refractivity contribution in [2.45, 2.75) is 23.8 Å². The van der Waals surface area contributed by atoms with Gasteiger partial charge in [-0.05, 0) is 30.7 Å². The summed E-state index contributed by atoms with van der Waals surface area (Å²) < 4.78 is 0.866. The Morgan fingerprint density at radius 2 is 2.16 bits per heavy atom. The molecule has 0 amide bonds. The van der Waals surface area contributed by atoms with E-state index in [1.165, 1.54) is 21.1 Å². The van der Waals surface area contributed by atoms with E-state index in [0.717, 1.165) is 10.9 Å². The van der Waals surface area contributed by atoms with Crippen LogP contribution in [0.25, 0.3) is 0 Å². The fraction of sp³-hybridized carbons (Fsp3) is 0.333. The van der Waals surface area contributed by atoms with Gasteiger partial charge in [-0.3, -0.25) is 0 Å². The van der Waals surface area contributed by atoms with Crippen molar-refractivity contribution in [3.05, 3.63) is 51.2 Å². The molecule has 1 aliphatic heterocycles. The Balaban J connectivity index is 1.62. The normalized spacial score (nSPS) is 19.4. The molecular formula is C15H16ClNS2. The molecule has 2 atom stereocenters. The number of halogens is 1. The second-order valence-corrected chi connectivity index (χ2v) is 7.63. The highest BCUT2D eigenvalue weighted by Crippen LogP contribution is 2.39. The highest BCUT2D eigenvalue weighted by atomic mass is 35.5. The third-order valence-corrected chi connectivity index (χ3v) is 6.16. The number of thiophene rings is 1. The van der Waals surface area contributed by atoms with Crippen LogP contribution in [0.3, 0.4) is 0 Å². The van der Waals surface area contributed by atoms with Gasteiger partial charge in [-0.2, -0.15) is 0 Å². The SMILES string of the molecule is CC(NCC1CSc2ccccc21)c1ccc(Cl)s1. The van der Waals surface area contributed by atoms with E-state index in [1.807, 2.05) is 17.8 Å². The quantitative estimate of drug-likeness (QED) is 0.858. The number of benzene rings is 1. The molecule has 19 heavy (non-hydrogen) atoms. The Bertz CT molecular complexity index is 567. The minimum Gasteiger partial charge on any atom is -0.309 e. The zero-order chi connectivity index (χ0) is 13.2. The van der Waals surface area contributed by atoms with Crippen molar-refractivity contribution in [2.24, 2.45) is 0 Å². The lowest BCUT2D eigenvalue weighted by Gasteiger charge is -2.16. The Labute approximate surface area is 127 Å². The van der Waals surface area contributed by atoms with Crippen molar-refractivity contribution in [3.8, 4) is 0 Å². The molecule has 0 saturated carbocycles. The largest absolute Gasteiger partial charge is 0.309 e. The monoisotopic (exact) mass is 309 g/mol. The van der Waals surface area contributed by atoms with E-state index in [0.29, 0.717) is 12.0 Å². The Morgan fingerprint density at radius 1 is 1.32 bits per heavy atom. The summed E-state index contributed by atoms with van der Waals surface area (Å²) in [6, 6.07) is 13.2. The van der Waals surface area contributed by atoms with Crippen molar-refractivity contribution in [1.29, 1.82) is 0 Å². The Kier molecular flexibility index (Phi) is 4.18. The lowest BCUT2D eigenvalue weighted by molar-refractivity contribution is 0.547. The smallest absolute Gasteiger partial charge is 0.0931 e. The second-order valence-electron chi connectivity index (χ2n) is 4.82. The van der Waals surface area contributed by atoms with Crippen LogP contribution >= 0.6 is 34.7 Å². The van der Waals surface area contributed by atoms with E-state index >= 15 is 0 Å². The maximum absolute atomic E-state index is 5.99. The molecule has 2 unspecified atom stereocenters. The predicted octanol–water partition coefficient (Wildman–Crippen LogP) is 4.94. The molecular weight excluding hydrogens is 294 g/mol. The molecule has 1 aromatic carbocycles. The first-order chi connectivity index (χ1) is 9.24. The first kappa shape index (κ1) is 13.5. The summed E-state index contributed by atoms with van der Waals surface area (Å²) in [6.07, 6.45) is 0. The van der Waals surface area contributed by atoms with Crippen molar-refractivity contribution >= 4 is 34.7 Å². The molecule has 0 radical (unpaired) electrons. The zero-order valence-corrected chi connectivity index (χ0v) is 13.1. The van der Waals surface area contributed by atoms with Crippen molar-refractivity contribution in [3.63, 3.8) is 0 Å². The molecule has 3 rings (SSSR count). The van der Waals surface area contributed by atoms with Crippen molar-refractivity contribution in [1.82, 2.24) is 5.32 Å². The van der Waals surface area contributed by atoms with Crippen LogP contribution in [-0.4, -0.2) is 12.3 Å². The number of fused-ring (bicyclic) bond motifs is 1. The van der Waals surface area contributed by atoms with Crippen LogP contribution in [0.2, 0.25) is 4.34 Å². The van der Waals surface area contributed by atoms with E-state index in [9.17, 15) is 0 Å². The van der Waals surface area contributed by atoms with Crippen molar-refractivity contribution < 1.29 is 0 Å². The molecule has 0 fully saturated rings. The Morgan fingerprint density at radius 3 is 2.95 bits per heavy atom. The van der Waals surface area contributed by atoms with Crippen LogP contribution in [0, 0.1) is 0 Å². The first-order valence-electron chi connectivity index (χ1n) is 6.44. The molecule has 0 aliphatic carbocycles. The fourth-order valence-electron chi connectivity index (χ4n) is 2.38. The highest BCUT2D eigenvalue weighted by molar-refractivity contribution is 7.99. The molecule has 1 nitrogen and oxygen atoms in total. The summed E-state index contributed by atoms with van der Waals surface area (Å²) in [5.41, 5.74) is 1.50. The summed E-state index contributed by atoms with van der Waals surface area (Å²) >= 11 is 9.62. The van der Waals surface area contributed by atoms with Gasteiger partial charge in [0.25, 0.3) is 0 Å². The maximum Gasteiger partial charge on any atom is 0.0931 e. The third kappa shape index (κ3) is 3.00. The Hall–Kier alpha value is -0.480. The predicted molar refractivity (Wildman–Crippen MR) is 85.7 cm³/mol. The van der Waals surface area contributed by atoms with E-state index in [2.05, 4.69) is 42.6 Å². The lowest BCUT2D eigenvalue weighted by Crippen LogP contribution is -2.24. The van der Waals surface area contributed by atoms with Crippen LogP contribution in [-0.2, 0) is 0 Å². The maximum atomic E-state index is 5.99. The fourth-order valence-corrected chi connectivity index (χ4v) is 4.72. The zero-order valence-electron chi connectivity index (χ0n) is 10.7. The molecule has 0 saturated heterocycles. The highest BCUT2D eigenvalue weighted by Gasteiger charge is 2.23. The van der Waals surface area contributed by atoms with Crippen LogP contribution in [0.4, 0.5) is 0 Å². The van der Waals surface area contributed by atoms with Crippen LogP contribution in [0.1, 0.15) is 29.3 Å². The molecule has 2 heterocycles. The molecule has 0 spiro atoms. The third-order valence-electron chi connectivity index (χ3n) is 3.49. The molecule has 0 bridgehead atoms. The summed E-state index contributed by atoms with van der Waals surface area (Å²) in [7, 11) is 0. The lowest BCUT2D eigenvalue weighted by atomic mass is 10.0. The molecule has 4 heteroatoms. The molecule has 1 aliphatic rings. The van der Waals surface area contributed by atoms with E-state index in [1.54, 1.807) is 11.3 Å². The molecule has 2 aromatic rings. The molecule has 1 aromatic heterocycles. The standard InChI is InChI=1S/C15H16ClNS2/c1-10(13-6-7-15(16)19-13)17-8-11-9-18-14-5-3-2-4-12(11)14/h2-7,10-11,17H,8-9H2,1H3. The first-order valence-corrected chi connectivity index (χ1v) is 8.62. The minimum atomic E-state index is 0.371. The number of nitrogens with one attached hydrogen (secondary N) is 1. The van der Waals surface area contributed by atoms with Gasteiger partial charge in [0.05, 0.1) is 4.34 Å². The molecule has 1 N–H and O–H groups in total. The average Bonchev–Trinajstić information content (AvgIpc) is 3.02. The summed E-state index contributed by atoms with van der Waals surface area (Å²) in [6.45, 7) is 3.23. The number of hydrogen-bond acceptors (Lipinski definition) is 3. The van der Waals surface area contributed by atoms with Crippen LogP contribution in [0.5, 0.6) is 0 Å².